The first-order chi connectivity index (χ1) is 9.29. The standard InChI is InChI=1S/C13H10BrClFNO2S/c1-8-2-4-12(10(14)6-8)17-20(18,19)13-5-3-9(16)7-11(13)15/h2-7,17H,1H3. The van der Waals surface area contributed by atoms with E-state index < -0.39 is 15.8 Å². The highest BCUT2D eigenvalue weighted by Crippen LogP contribution is 2.28. The Morgan fingerprint density at radius 2 is 1.90 bits per heavy atom. The summed E-state index contributed by atoms with van der Waals surface area (Å²) in [5.74, 6) is -0.592. The Labute approximate surface area is 130 Å². The summed E-state index contributed by atoms with van der Waals surface area (Å²) < 4.78 is 40.4. The quantitative estimate of drug-likeness (QED) is 0.863. The van der Waals surface area contributed by atoms with Gasteiger partial charge in [-0.3, -0.25) is 4.72 Å². The van der Waals surface area contributed by atoms with E-state index in [1.165, 1.54) is 0 Å². The average Bonchev–Trinajstić information content (AvgIpc) is 2.32. The van der Waals surface area contributed by atoms with Crippen molar-refractivity contribution in [3.63, 3.8) is 0 Å². The Hall–Kier alpha value is -1.11. The van der Waals surface area contributed by atoms with Gasteiger partial charge in [0, 0.05) is 4.47 Å². The summed E-state index contributed by atoms with van der Waals surface area (Å²) in [7, 11) is -3.87. The molecule has 7 heteroatoms. The smallest absolute Gasteiger partial charge is 0.263 e. The monoisotopic (exact) mass is 377 g/mol. The Morgan fingerprint density at radius 3 is 2.50 bits per heavy atom. The van der Waals surface area contributed by atoms with E-state index in [-0.39, 0.29) is 9.92 Å². The van der Waals surface area contributed by atoms with Crippen LogP contribution in [0.25, 0.3) is 0 Å². The fourth-order valence-corrected chi connectivity index (χ4v) is 3.93. The number of hydrogen-bond acceptors (Lipinski definition) is 2. The van der Waals surface area contributed by atoms with Gasteiger partial charge >= 0.3 is 0 Å². The molecule has 2 aromatic carbocycles. The second-order valence-corrected chi connectivity index (χ2v) is 7.08. The van der Waals surface area contributed by atoms with Crippen molar-refractivity contribution in [2.45, 2.75) is 11.8 Å². The summed E-state index contributed by atoms with van der Waals surface area (Å²) in [6.07, 6.45) is 0. The molecule has 0 aliphatic rings. The first-order valence-electron chi connectivity index (χ1n) is 5.53. The molecule has 0 radical (unpaired) electrons. The van der Waals surface area contributed by atoms with Crippen LogP contribution in [0.4, 0.5) is 10.1 Å². The molecule has 2 rings (SSSR count). The van der Waals surface area contributed by atoms with Crippen molar-refractivity contribution in [1.29, 1.82) is 0 Å². The summed E-state index contributed by atoms with van der Waals surface area (Å²) in [5.41, 5.74) is 1.37. The zero-order chi connectivity index (χ0) is 14.9. The van der Waals surface area contributed by atoms with Crippen molar-refractivity contribution in [3.8, 4) is 0 Å². The molecular formula is C13H10BrClFNO2S. The molecule has 0 bridgehead atoms. The molecule has 0 aliphatic carbocycles. The second-order valence-electron chi connectivity index (χ2n) is 4.16. The van der Waals surface area contributed by atoms with Crippen molar-refractivity contribution < 1.29 is 12.8 Å². The normalized spacial score (nSPS) is 11.4. The van der Waals surface area contributed by atoms with Crippen LogP contribution in [0, 0.1) is 12.7 Å². The lowest BCUT2D eigenvalue weighted by Crippen LogP contribution is -2.14. The Balaban J connectivity index is 2.41. The van der Waals surface area contributed by atoms with Crippen LogP contribution in [0.1, 0.15) is 5.56 Å². The molecule has 0 aromatic heterocycles. The first-order valence-corrected chi connectivity index (χ1v) is 8.19. The van der Waals surface area contributed by atoms with Crippen LogP contribution in [0.3, 0.4) is 0 Å². The summed E-state index contributed by atoms with van der Waals surface area (Å²) >= 11 is 9.06. The van der Waals surface area contributed by atoms with Gasteiger partial charge in [-0.2, -0.15) is 0 Å². The predicted octanol–water partition coefficient (Wildman–Crippen LogP) is 4.35. The summed E-state index contributed by atoms with van der Waals surface area (Å²) in [4.78, 5) is -0.173. The third-order valence-electron chi connectivity index (χ3n) is 2.55. The zero-order valence-electron chi connectivity index (χ0n) is 10.3. The van der Waals surface area contributed by atoms with E-state index in [0.29, 0.717) is 10.2 Å². The molecule has 0 heterocycles. The summed E-state index contributed by atoms with van der Waals surface area (Å²) in [5, 5.41) is -0.166. The first kappa shape index (κ1) is 15.3. The van der Waals surface area contributed by atoms with Gasteiger partial charge in [-0.25, -0.2) is 12.8 Å². The van der Waals surface area contributed by atoms with Gasteiger partial charge in [0.25, 0.3) is 10.0 Å². The average molecular weight is 379 g/mol. The number of rotatable bonds is 3. The van der Waals surface area contributed by atoms with Crippen LogP contribution in [0.15, 0.2) is 45.8 Å². The van der Waals surface area contributed by atoms with E-state index in [0.717, 1.165) is 23.8 Å². The molecule has 1 N–H and O–H groups in total. The van der Waals surface area contributed by atoms with E-state index in [2.05, 4.69) is 20.7 Å². The highest BCUT2D eigenvalue weighted by molar-refractivity contribution is 9.10. The summed E-state index contributed by atoms with van der Waals surface area (Å²) in [6, 6.07) is 8.32. The van der Waals surface area contributed by atoms with Gasteiger partial charge in [0.2, 0.25) is 0 Å². The van der Waals surface area contributed by atoms with E-state index in [1.54, 1.807) is 18.2 Å². The number of nitrogens with one attached hydrogen (secondary N) is 1. The third-order valence-corrected chi connectivity index (χ3v) is 5.06. The molecule has 0 saturated carbocycles. The number of aryl methyl sites for hydroxylation is 1. The molecule has 0 unspecified atom stereocenters. The maximum Gasteiger partial charge on any atom is 0.263 e. The number of anilines is 1. The highest BCUT2D eigenvalue weighted by atomic mass is 79.9. The van der Waals surface area contributed by atoms with E-state index in [1.807, 2.05) is 6.92 Å². The fraction of sp³-hybridized carbons (Fsp3) is 0.0769. The predicted molar refractivity (Wildman–Crippen MR) is 81.1 cm³/mol. The van der Waals surface area contributed by atoms with Gasteiger partial charge < -0.3 is 0 Å². The van der Waals surface area contributed by atoms with E-state index >= 15 is 0 Å². The van der Waals surface area contributed by atoms with Gasteiger partial charge in [-0.15, -0.1) is 0 Å². The van der Waals surface area contributed by atoms with Crippen LogP contribution < -0.4 is 4.72 Å². The van der Waals surface area contributed by atoms with Crippen LogP contribution in [0.2, 0.25) is 5.02 Å². The topological polar surface area (TPSA) is 46.2 Å². The minimum absolute atomic E-state index is 0.166. The van der Waals surface area contributed by atoms with E-state index in [4.69, 9.17) is 11.6 Å². The molecule has 20 heavy (non-hydrogen) atoms. The minimum atomic E-state index is -3.87. The number of sulfonamides is 1. The number of benzene rings is 2. The highest BCUT2D eigenvalue weighted by Gasteiger charge is 2.19. The third kappa shape index (κ3) is 3.31. The van der Waals surface area contributed by atoms with Crippen molar-refractivity contribution in [2.75, 3.05) is 4.72 Å². The molecule has 3 nitrogen and oxygen atoms in total. The Bertz CT molecular complexity index is 765. The van der Waals surface area contributed by atoms with Crippen LogP contribution in [0.5, 0.6) is 0 Å². The van der Waals surface area contributed by atoms with Crippen LogP contribution in [-0.2, 0) is 10.0 Å². The SMILES string of the molecule is Cc1ccc(NS(=O)(=O)c2ccc(F)cc2Cl)c(Br)c1. The van der Waals surface area contributed by atoms with Gasteiger partial charge in [-0.05, 0) is 58.7 Å². The maximum atomic E-state index is 13.0. The van der Waals surface area contributed by atoms with Gasteiger partial charge in [-0.1, -0.05) is 17.7 Å². The fourth-order valence-electron chi connectivity index (χ4n) is 1.60. The lowest BCUT2D eigenvalue weighted by molar-refractivity contribution is 0.599. The molecule has 0 spiro atoms. The molecule has 106 valence electrons. The van der Waals surface area contributed by atoms with Gasteiger partial charge in [0.05, 0.1) is 10.7 Å². The Morgan fingerprint density at radius 1 is 1.20 bits per heavy atom. The summed E-state index contributed by atoms with van der Waals surface area (Å²) in [6.45, 7) is 1.89. The molecule has 0 saturated heterocycles. The van der Waals surface area contributed by atoms with E-state index in [9.17, 15) is 12.8 Å². The number of hydrogen-bond donors (Lipinski definition) is 1. The molecule has 0 amide bonds. The van der Waals surface area contributed by atoms with Crippen molar-refractivity contribution in [3.05, 3.63) is 57.3 Å². The van der Waals surface area contributed by atoms with Gasteiger partial charge in [0.1, 0.15) is 10.7 Å². The largest absolute Gasteiger partial charge is 0.278 e. The lowest BCUT2D eigenvalue weighted by Gasteiger charge is -2.11. The minimum Gasteiger partial charge on any atom is -0.278 e. The maximum absolute atomic E-state index is 13.0. The molecule has 0 atom stereocenters. The Kier molecular flexibility index (Phi) is 4.36. The van der Waals surface area contributed by atoms with Crippen molar-refractivity contribution >= 4 is 43.2 Å². The second kappa shape index (κ2) is 5.71. The van der Waals surface area contributed by atoms with Gasteiger partial charge in [0.15, 0.2) is 0 Å². The van der Waals surface area contributed by atoms with Crippen molar-refractivity contribution in [2.24, 2.45) is 0 Å². The molecular weight excluding hydrogens is 369 g/mol. The lowest BCUT2D eigenvalue weighted by atomic mass is 10.2. The molecule has 0 aliphatic heterocycles. The molecule has 0 fully saturated rings. The van der Waals surface area contributed by atoms with Crippen LogP contribution in [-0.4, -0.2) is 8.42 Å². The van der Waals surface area contributed by atoms with Crippen LogP contribution >= 0.6 is 27.5 Å². The molecule has 2 aromatic rings. The zero-order valence-corrected chi connectivity index (χ0v) is 13.5. The van der Waals surface area contributed by atoms with Crippen molar-refractivity contribution in [1.82, 2.24) is 0 Å². The number of halogens is 3.